The first kappa shape index (κ1) is 25.3. The highest BCUT2D eigenvalue weighted by Gasteiger charge is 2.22. The predicted molar refractivity (Wildman–Crippen MR) is 108 cm³/mol. The van der Waals surface area contributed by atoms with Crippen molar-refractivity contribution in [3.8, 4) is 11.5 Å². The van der Waals surface area contributed by atoms with E-state index in [4.69, 9.17) is 15.2 Å². The van der Waals surface area contributed by atoms with Crippen LogP contribution in [0.25, 0.3) is 0 Å². The Balaban J connectivity index is 0.00000338. The van der Waals surface area contributed by atoms with Crippen molar-refractivity contribution < 1.29 is 19.1 Å². The second-order valence-corrected chi connectivity index (χ2v) is 5.82. The first-order valence-electron chi connectivity index (χ1n) is 8.25. The summed E-state index contributed by atoms with van der Waals surface area (Å²) in [6, 6.07) is 5.74. The lowest BCUT2D eigenvalue weighted by molar-refractivity contribution is -0.134. The highest BCUT2D eigenvalue weighted by atomic mass is 35.5. The van der Waals surface area contributed by atoms with Gasteiger partial charge in [-0.15, -0.1) is 24.8 Å². The lowest BCUT2D eigenvalue weighted by atomic mass is 10.1. The van der Waals surface area contributed by atoms with E-state index in [1.807, 2.05) is 18.2 Å². The van der Waals surface area contributed by atoms with Crippen LogP contribution in [0.4, 0.5) is 0 Å². The fourth-order valence-electron chi connectivity index (χ4n) is 2.76. The number of nitrogens with zero attached hydrogens (tertiary/aromatic N) is 2. The van der Waals surface area contributed by atoms with Gasteiger partial charge in [-0.3, -0.25) is 14.5 Å². The molecule has 0 bridgehead atoms. The van der Waals surface area contributed by atoms with E-state index in [1.165, 1.54) is 0 Å². The van der Waals surface area contributed by atoms with Crippen LogP contribution in [0, 0.1) is 0 Å². The molecule has 0 unspecified atom stereocenters. The standard InChI is InChI=1S/C17H26N4O4.2ClH/c1-24-14-3-4-15(25-2)13(9-14)12-20-5-7-21(8-6-20)17(23)11-19-16(22)10-18;;/h3-4,9H,5-8,10-12,18H2,1-2H3,(H,19,22);2*1H. The first-order valence-corrected chi connectivity index (χ1v) is 8.25. The molecule has 1 fully saturated rings. The van der Waals surface area contributed by atoms with E-state index in [-0.39, 0.29) is 49.7 Å². The molecule has 1 aromatic carbocycles. The van der Waals surface area contributed by atoms with Gasteiger partial charge in [0.2, 0.25) is 11.8 Å². The van der Waals surface area contributed by atoms with Crippen molar-refractivity contribution >= 4 is 36.6 Å². The van der Waals surface area contributed by atoms with Crippen molar-refractivity contribution in [1.82, 2.24) is 15.1 Å². The summed E-state index contributed by atoms with van der Waals surface area (Å²) in [5, 5.41) is 2.51. The van der Waals surface area contributed by atoms with Crippen molar-refractivity contribution in [3.63, 3.8) is 0 Å². The van der Waals surface area contributed by atoms with Gasteiger partial charge in [0, 0.05) is 38.3 Å². The summed E-state index contributed by atoms with van der Waals surface area (Å²) in [6.07, 6.45) is 0. The van der Waals surface area contributed by atoms with Crippen LogP contribution in [0.1, 0.15) is 5.56 Å². The van der Waals surface area contributed by atoms with Crippen LogP contribution < -0.4 is 20.5 Å². The molecule has 0 aliphatic carbocycles. The smallest absolute Gasteiger partial charge is 0.242 e. The molecule has 1 aromatic rings. The second kappa shape index (κ2) is 12.6. The number of ether oxygens (including phenoxy) is 2. The molecular weight excluding hydrogens is 395 g/mol. The minimum atomic E-state index is -0.322. The highest BCUT2D eigenvalue weighted by Crippen LogP contribution is 2.25. The number of nitrogens with two attached hydrogens (primary N) is 1. The fourth-order valence-corrected chi connectivity index (χ4v) is 2.76. The Morgan fingerprint density at radius 1 is 1.11 bits per heavy atom. The van der Waals surface area contributed by atoms with E-state index in [9.17, 15) is 9.59 Å². The van der Waals surface area contributed by atoms with Crippen LogP contribution in [0.3, 0.4) is 0 Å². The average molecular weight is 423 g/mol. The van der Waals surface area contributed by atoms with E-state index in [2.05, 4.69) is 10.2 Å². The number of rotatable bonds is 7. The number of benzene rings is 1. The lowest BCUT2D eigenvalue weighted by Crippen LogP contribution is -2.51. The number of piperazine rings is 1. The monoisotopic (exact) mass is 422 g/mol. The molecule has 1 aliphatic heterocycles. The number of nitrogens with one attached hydrogen (secondary N) is 1. The molecule has 0 saturated carbocycles. The van der Waals surface area contributed by atoms with Gasteiger partial charge in [-0.05, 0) is 18.2 Å². The van der Waals surface area contributed by atoms with Gasteiger partial charge in [0.15, 0.2) is 0 Å². The maximum Gasteiger partial charge on any atom is 0.242 e. The molecule has 0 radical (unpaired) electrons. The van der Waals surface area contributed by atoms with Gasteiger partial charge >= 0.3 is 0 Å². The molecular formula is C17H28Cl2N4O4. The van der Waals surface area contributed by atoms with Gasteiger partial charge in [0.25, 0.3) is 0 Å². The third kappa shape index (κ3) is 7.42. The van der Waals surface area contributed by atoms with Gasteiger partial charge in [-0.1, -0.05) is 0 Å². The molecule has 1 heterocycles. The molecule has 2 amide bonds. The Bertz CT molecular complexity index is 611. The molecule has 1 aliphatic rings. The van der Waals surface area contributed by atoms with E-state index < -0.39 is 0 Å². The molecule has 8 nitrogen and oxygen atoms in total. The van der Waals surface area contributed by atoms with Crippen molar-refractivity contribution in [2.75, 3.05) is 53.5 Å². The molecule has 0 aromatic heterocycles. The molecule has 2 rings (SSSR count). The number of carbonyl (C=O) groups excluding carboxylic acids is 2. The zero-order valence-electron chi connectivity index (χ0n) is 15.6. The second-order valence-electron chi connectivity index (χ2n) is 5.82. The molecule has 10 heteroatoms. The van der Waals surface area contributed by atoms with Crippen molar-refractivity contribution in [1.29, 1.82) is 0 Å². The average Bonchev–Trinajstić information content (AvgIpc) is 2.66. The SMILES string of the molecule is COc1ccc(OC)c(CN2CCN(C(=O)CNC(=O)CN)CC2)c1.Cl.Cl. The minimum absolute atomic E-state index is 0. The summed E-state index contributed by atoms with van der Waals surface area (Å²) < 4.78 is 10.7. The predicted octanol–water partition coefficient (Wildman–Crippen LogP) is 0.267. The topological polar surface area (TPSA) is 97.1 Å². The van der Waals surface area contributed by atoms with Crippen LogP contribution in [0.2, 0.25) is 0 Å². The van der Waals surface area contributed by atoms with Crippen LogP contribution >= 0.6 is 24.8 Å². The zero-order valence-corrected chi connectivity index (χ0v) is 17.2. The summed E-state index contributed by atoms with van der Waals surface area (Å²) >= 11 is 0. The zero-order chi connectivity index (χ0) is 18.2. The Labute approximate surface area is 172 Å². The highest BCUT2D eigenvalue weighted by molar-refractivity contribution is 5.86. The van der Waals surface area contributed by atoms with Gasteiger partial charge in [-0.2, -0.15) is 0 Å². The van der Waals surface area contributed by atoms with Crippen LogP contribution in [0.5, 0.6) is 11.5 Å². The first-order chi connectivity index (χ1) is 12.1. The lowest BCUT2D eigenvalue weighted by Gasteiger charge is -2.35. The normalized spacial score (nSPS) is 13.8. The van der Waals surface area contributed by atoms with E-state index in [0.717, 1.165) is 36.7 Å². The van der Waals surface area contributed by atoms with E-state index in [0.29, 0.717) is 13.1 Å². The van der Waals surface area contributed by atoms with E-state index >= 15 is 0 Å². The summed E-state index contributed by atoms with van der Waals surface area (Å²) in [5.41, 5.74) is 6.26. The molecule has 154 valence electrons. The number of methoxy groups -OCH3 is 2. The van der Waals surface area contributed by atoms with Crippen LogP contribution in [0.15, 0.2) is 18.2 Å². The number of carbonyl (C=O) groups is 2. The number of hydrogen-bond donors (Lipinski definition) is 2. The van der Waals surface area contributed by atoms with Gasteiger partial charge < -0.3 is 25.4 Å². The van der Waals surface area contributed by atoms with Crippen molar-refractivity contribution in [3.05, 3.63) is 23.8 Å². The molecule has 1 saturated heterocycles. The number of hydrogen-bond acceptors (Lipinski definition) is 6. The van der Waals surface area contributed by atoms with Gasteiger partial charge in [-0.25, -0.2) is 0 Å². The molecule has 0 spiro atoms. The Morgan fingerprint density at radius 3 is 2.33 bits per heavy atom. The van der Waals surface area contributed by atoms with Gasteiger partial charge in [0.1, 0.15) is 11.5 Å². The summed E-state index contributed by atoms with van der Waals surface area (Å²) in [4.78, 5) is 27.2. The molecule has 27 heavy (non-hydrogen) atoms. The Morgan fingerprint density at radius 2 is 1.78 bits per heavy atom. The van der Waals surface area contributed by atoms with Crippen LogP contribution in [-0.2, 0) is 16.1 Å². The van der Waals surface area contributed by atoms with Crippen molar-refractivity contribution in [2.45, 2.75) is 6.54 Å². The Kier molecular flexibility index (Phi) is 11.8. The van der Waals surface area contributed by atoms with Crippen molar-refractivity contribution in [2.24, 2.45) is 5.73 Å². The summed E-state index contributed by atoms with van der Waals surface area (Å²) in [5.74, 6) is 1.21. The van der Waals surface area contributed by atoms with Crippen LogP contribution in [-0.4, -0.2) is 75.1 Å². The minimum Gasteiger partial charge on any atom is -0.497 e. The molecule has 0 atom stereocenters. The summed E-state index contributed by atoms with van der Waals surface area (Å²) in [7, 11) is 3.29. The number of amides is 2. The largest absolute Gasteiger partial charge is 0.497 e. The molecule has 3 N–H and O–H groups in total. The maximum atomic E-state index is 12.1. The maximum absolute atomic E-state index is 12.1. The number of halogens is 2. The fraction of sp³-hybridized carbons (Fsp3) is 0.529. The third-order valence-corrected chi connectivity index (χ3v) is 4.23. The summed E-state index contributed by atoms with van der Waals surface area (Å²) in [6.45, 7) is 3.40. The quantitative estimate of drug-likeness (QED) is 0.654. The van der Waals surface area contributed by atoms with E-state index in [1.54, 1.807) is 19.1 Å². The van der Waals surface area contributed by atoms with Gasteiger partial charge in [0.05, 0.1) is 27.3 Å². The third-order valence-electron chi connectivity index (χ3n) is 4.23. The Hall–Kier alpha value is -1.74.